The number of thiazole rings is 1. The lowest BCUT2D eigenvalue weighted by atomic mass is 10.1. The van der Waals surface area contributed by atoms with E-state index in [2.05, 4.69) is 10.3 Å². The summed E-state index contributed by atoms with van der Waals surface area (Å²) in [7, 11) is 3.03. The van der Waals surface area contributed by atoms with Crippen molar-refractivity contribution in [2.45, 2.75) is 19.2 Å². The van der Waals surface area contributed by atoms with Gasteiger partial charge in [-0.3, -0.25) is 10.1 Å². The third-order valence-corrected chi connectivity index (χ3v) is 6.11. The number of alkyl halides is 3. The number of carbonyl (C=O) groups is 1. The van der Waals surface area contributed by atoms with Crippen LogP contribution in [0.25, 0.3) is 10.2 Å². The number of halogens is 3. The van der Waals surface area contributed by atoms with Crippen molar-refractivity contribution in [3.8, 4) is 17.2 Å². The van der Waals surface area contributed by atoms with Gasteiger partial charge < -0.3 is 14.2 Å². The summed E-state index contributed by atoms with van der Waals surface area (Å²) in [5.41, 5.74) is 1.03. The first-order valence-electron chi connectivity index (χ1n) is 10.4. The third-order valence-electron chi connectivity index (χ3n) is 5.18. The molecule has 0 bridgehead atoms. The summed E-state index contributed by atoms with van der Waals surface area (Å²) in [6.07, 6.45) is -5.70. The van der Waals surface area contributed by atoms with Crippen molar-refractivity contribution < 1.29 is 32.2 Å². The zero-order chi connectivity index (χ0) is 25.2. The van der Waals surface area contributed by atoms with E-state index in [-0.39, 0.29) is 5.56 Å². The van der Waals surface area contributed by atoms with Gasteiger partial charge in [0.15, 0.2) is 16.6 Å². The van der Waals surface area contributed by atoms with Gasteiger partial charge in [-0.1, -0.05) is 41.2 Å². The predicted molar refractivity (Wildman–Crippen MR) is 127 cm³/mol. The molecule has 6 nitrogen and oxygen atoms in total. The summed E-state index contributed by atoms with van der Waals surface area (Å²) >= 11 is 1.22. The van der Waals surface area contributed by atoms with Gasteiger partial charge in [-0.05, 0) is 31.2 Å². The number of methoxy groups -OCH3 is 2. The monoisotopic (exact) mass is 502 g/mol. The van der Waals surface area contributed by atoms with Crippen LogP contribution in [0.4, 0.5) is 18.3 Å². The average Bonchev–Trinajstić information content (AvgIpc) is 3.23. The molecule has 4 aromatic rings. The van der Waals surface area contributed by atoms with E-state index in [0.717, 1.165) is 22.4 Å². The molecule has 4 rings (SSSR count). The van der Waals surface area contributed by atoms with Gasteiger partial charge in [0.2, 0.25) is 6.10 Å². The first-order valence-corrected chi connectivity index (χ1v) is 11.2. The number of aryl methyl sites for hydroxylation is 1. The highest BCUT2D eigenvalue weighted by Crippen LogP contribution is 2.37. The zero-order valence-electron chi connectivity index (χ0n) is 19.0. The topological polar surface area (TPSA) is 69.7 Å². The van der Waals surface area contributed by atoms with E-state index >= 15 is 0 Å². The van der Waals surface area contributed by atoms with Crippen LogP contribution >= 0.6 is 11.3 Å². The molecule has 0 saturated carbocycles. The van der Waals surface area contributed by atoms with Crippen LogP contribution in [-0.4, -0.2) is 25.1 Å². The number of amides is 1. The molecule has 0 aliphatic heterocycles. The van der Waals surface area contributed by atoms with Crippen LogP contribution in [0, 0.1) is 6.92 Å². The van der Waals surface area contributed by atoms with Gasteiger partial charge in [0, 0.05) is 17.7 Å². The number of carbonyl (C=O) groups excluding carboxylic acids is 1. The molecule has 1 atom stereocenters. The van der Waals surface area contributed by atoms with Gasteiger partial charge in [0.25, 0.3) is 5.91 Å². The lowest BCUT2D eigenvalue weighted by Gasteiger charge is -2.19. The average molecular weight is 503 g/mol. The fourth-order valence-corrected chi connectivity index (χ4v) is 4.23. The summed E-state index contributed by atoms with van der Waals surface area (Å²) < 4.78 is 56.3. The molecule has 1 unspecified atom stereocenters. The first kappa shape index (κ1) is 24.3. The van der Waals surface area contributed by atoms with Crippen LogP contribution in [0.1, 0.15) is 22.8 Å². The van der Waals surface area contributed by atoms with Crippen LogP contribution in [0.2, 0.25) is 0 Å². The van der Waals surface area contributed by atoms with Crippen LogP contribution in [0.3, 0.4) is 0 Å². The van der Waals surface area contributed by atoms with Crippen LogP contribution < -0.4 is 19.5 Å². The maximum Gasteiger partial charge on any atom is 0.416 e. The summed E-state index contributed by atoms with van der Waals surface area (Å²) in [4.78, 5) is 17.7. The van der Waals surface area contributed by atoms with Crippen LogP contribution in [0.15, 0.2) is 60.7 Å². The third kappa shape index (κ3) is 5.48. The van der Waals surface area contributed by atoms with Crippen molar-refractivity contribution in [3.63, 3.8) is 0 Å². The Labute approximate surface area is 203 Å². The largest absolute Gasteiger partial charge is 0.493 e. The second-order valence-corrected chi connectivity index (χ2v) is 8.64. The minimum atomic E-state index is -4.49. The molecule has 3 aromatic carbocycles. The lowest BCUT2D eigenvalue weighted by molar-refractivity contribution is -0.137. The van der Waals surface area contributed by atoms with Crippen molar-refractivity contribution in [3.05, 3.63) is 77.4 Å². The number of aromatic nitrogens is 1. The van der Waals surface area contributed by atoms with E-state index in [1.54, 1.807) is 24.3 Å². The van der Waals surface area contributed by atoms with Crippen molar-refractivity contribution in [1.29, 1.82) is 0 Å². The number of hydrogen-bond donors (Lipinski definition) is 1. The van der Waals surface area contributed by atoms with E-state index in [9.17, 15) is 18.0 Å². The Morgan fingerprint density at radius 2 is 1.60 bits per heavy atom. The molecule has 0 aliphatic rings. The summed E-state index contributed by atoms with van der Waals surface area (Å²) in [6.45, 7) is 1.90. The Kier molecular flexibility index (Phi) is 6.83. The molecular weight excluding hydrogens is 481 g/mol. The van der Waals surface area contributed by atoms with Crippen LogP contribution in [-0.2, 0) is 11.0 Å². The van der Waals surface area contributed by atoms with Gasteiger partial charge in [-0.25, -0.2) is 4.98 Å². The maximum absolute atomic E-state index is 13.2. The van der Waals surface area contributed by atoms with Crippen molar-refractivity contribution in [1.82, 2.24) is 4.98 Å². The van der Waals surface area contributed by atoms with Crippen molar-refractivity contribution in [2.75, 3.05) is 19.5 Å². The highest BCUT2D eigenvalue weighted by Gasteiger charge is 2.31. The highest BCUT2D eigenvalue weighted by molar-refractivity contribution is 7.22. The lowest BCUT2D eigenvalue weighted by Crippen LogP contribution is -2.25. The molecular formula is C25H21F3N2O4S. The molecule has 1 aromatic heterocycles. The molecule has 182 valence electrons. The molecule has 35 heavy (non-hydrogen) atoms. The van der Waals surface area contributed by atoms with Gasteiger partial charge in [0.1, 0.15) is 5.75 Å². The Morgan fingerprint density at radius 3 is 2.20 bits per heavy atom. The highest BCUT2D eigenvalue weighted by atomic mass is 32.1. The Hall–Kier alpha value is -3.79. The van der Waals surface area contributed by atoms with Crippen molar-refractivity contribution >= 4 is 32.6 Å². The molecule has 0 radical (unpaired) electrons. The van der Waals surface area contributed by atoms with Gasteiger partial charge >= 0.3 is 6.18 Å². The Morgan fingerprint density at radius 1 is 0.971 bits per heavy atom. The number of hydrogen-bond acceptors (Lipinski definition) is 6. The molecule has 0 spiro atoms. The molecule has 10 heteroatoms. The second-order valence-electron chi connectivity index (χ2n) is 7.61. The van der Waals surface area contributed by atoms with Gasteiger partial charge in [0.05, 0.1) is 30.0 Å². The molecule has 1 N–H and O–H groups in total. The normalized spacial score (nSPS) is 12.3. The first-order chi connectivity index (χ1) is 16.7. The number of ether oxygens (including phenoxy) is 3. The number of benzene rings is 3. The van der Waals surface area contributed by atoms with E-state index in [0.29, 0.717) is 27.9 Å². The molecule has 0 saturated heterocycles. The minimum Gasteiger partial charge on any atom is -0.493 e. The van der Waals surface area contributed by atoms with Crippen LogP contribution in [0.5, 0.6) is 17.2 Å². The van der Waals surface area contributed by atoms with E-state index in [1.165, 1.54) is 37.7 Å². The van der Waals surface area contributed by atoms with Gasteiger partial charge in [-0.15, -0.1) is 0 Å². The number of fused-ring (bicyclic) bond motifs is 1. The molecule has 0 fully saturated rings. The number of anilines is 1. The van der Waals surface area contributed by atoms with E-state index in [1.807, 2.05) is 19.1 Å². The van der Waals surface area contributed by atoms with Crippen molar-refractivity contribution in [2.24, 2.45) is 0 Å². The number of nitrogens with one attached hydrogen (secondary N) is 1. The summed E-state index contributed by atoms with van der Waals surface area (Å²) in [5, 5.41) is 3.02. The predicted octanol–water partition coefficient (Wildman–Crippen LogP) is 6.40. The number of nitrogens with zero attached hydrogens (tertiary/aromatic N) is 1. The fraction of sp³-hybridized carbons (Fsp3) is 0.200. The maximum atomic E-state index is 13.2. The summed E-state index contributed by atoms with van der Waals surface area (Å²) in [6, 6.07) is 14.7. The Balaban J connectivity index is 1.64. The smallest absolute Gasteiger partial charge is 0.416 e. The molecule has 0 aliphatic carbocycles. The standard InChI is InChI=1S/C25H21F3N2O4S/c1-14-4-10-17(11-5-14)34-22(15-6-8-16(9-7-15)25(26,27)28)23(31)30-24-29-18-12-19(32-2)20(33-3)13-21(18)35-24/h4-13,22H,1-3H3,(H,29,30,31). The second kappa shape index (κ2) is 9.83. The molecule has 1 heterocycles. The summed E-state index contributed by atoms with van der Waals surface area (Å²) in [5.74, 6) is 0.832. The zero-order valence-corrected chi connectivity index (χ0v) is 19.8. The van der Waals surface area contributed by atoms with E-state index in [4.69, 9.17) is 14.2 Å². The van der Waals surface area contributed by atoms with E-state index < -0.39 is 23.8 Å². The fourth-order valence-electron chi connectivity index (χ4n) is 3.35. The van der Waals surface area contributed by atoms with Gasteiger partial charge in [-0.2, -0.15) is 13.2 Å². The quantitative estimate of drug-likeness (QED) is 0.317. The SMILES string of the molecule is COc1cc2nc(NC(=O)C(Oc3ccc(C)cc3)c3ccc(C(F)(F)F)cc3)sc2cc1OC. The minimum absolute atomic E-state index is 0.264. The number of rotatable bonds is 7. The Bertz CT molecular complexity index is 1300. The molecule has 1 amide bonds.